The molecule has 1 saturated heterocycles. The van der Waals surface area contributed by atoms with Gasteiger partial charge in [-0.1, -0.05) is 0 Å². The van der Waals surface area contributed by atoms with E-state index >= 15 is 0 Å². The van der Waals surface area contributed by atoms with Gasteiger partial charge in [-0.2, -0.15) is 0 Å². The Bertz CT molecular complexity index is 123. The van der Waals surface area contributed by atoms with E-state index < -0.39 is 19.5 Å². The molecule has 76 valence electrons. The van der Waals surface area contributed by atoms with Crippen LogP contribution in [0.4, 0.5) is 0 Å². The van der Waals surface area contributed by atoms with Gasteiger partial charge in [-0.25, -0.2) is 0 Å². The molecule has 13 heavy (non-hydrogen) atoms. The Kier molecular flexibility index (Phi) is 6.20. The second-order valence-electron chi connectivity index (χ2n) is 2.57. The van der Waals surface area contributed by atoms with Gasteiger partial charge in [0.15, 0.2) is 0 Å². The molecule has 1 fully saturated rings. The third-order valence-electron chi connectivity index (χ3n) is 1.59. The van der Waals surface area contributed by atoms with Gasteiger partial charge < -0.3 is 0 Å². The van der Waals surface area contributed by atoms with Crippen molar-refractivity contribution in [1.29, 1.82) is 0 Å². The van der Waals surface area contributed by atoms with Crippen molar-refractivity contribution in [2.24, 2.45) is 0 Å². The van der Waals surface area contributed by atoms with Crippen molar-refractivity contribution in [3.8, 4) is 0 Å². The SMILES string of the molecule is CCO[CH](OCC)[Ti][O]C1CCO1. The van der Waals surface area contributed by atoms with Gasteiger partial charge in [-0.05, 0) is 0 Å². The number of rotatable bonds is 7. The number of hydrogen-bond donors (Lipinski definition) is 0. The van der Waals surface area contributed by atoms with Crippen LogP contribution in [0.1, 0.15) is 20.3 Å². The molecule has 0 saturated carbocycles. The molecule has 0 aromatic carbocycles. The summed E-state index contributed by atoms with van der Waals surface area (Å²) in [6, 6.07) is 0. The van der Waals surface area contributed by atoms with E-state index in [1.54, 1.807) is 0 Å². The summed E-state index contributed by atoms with van der Waals surface area (Å²) < 4.78 is 21.2. The van der Waals surface area contributed by atoms with Crippen molar-refractivity contribution in [2.45, 2.75) is 31.2 Å². The molecular weight excluding hydrogens is 208 g/mol. The van der Waals surface area contributed by atoms with E-state index in [4.69, 9.17) is 17.5 Å². The number of hydrogen-bond acceptors (Lipinski definition) is 4. The van der Waals surface area contributed by atoms with E-state index in [-0.39, 0.29) is 10.9 Å². The Morgan fingerprint density at radius 3 is 2.38 bits per heavy atom. The summed E-state index contributed by atoms with van der Waals surface area (Å²) in [7, 11) is 0. The maximum absolute atomic E-state index is 5.50. The summed E-state index contributed by atoms with van der Waals surface area (Å²) in [6.45, 7) is 6.08. The zero-order valence-corrected chi connectivity index (χ0v) is 9.68. The van der Waals surface area contributed by atoms with Gasteiger partial charge in [0.1, 0.15) is 0 Å². The molecule has 1 aliphatic rings. The Morgan fingerprint density at radius 2 is 2.00 bits per heavy atom. The first kappa shape index (κ1) is 11.6. The van der Waals surface area contributed by atoms with Crippen LogP contribution in [0.15, 0.2) is 0 Å². The van der Waals surface area contributed by atoms with Crippen LogP contribution < -0.4 is 0 Å². The van der Waals surface area contributed by atoms with Crippen LogP contribution in [0.5, 0.6) is 0 Å². The standard InChI is InChI=1S/C5H11O2.C3H5O2.Ti/c1-3-6-5-7-4-2;4-3-1-2-5-3;/h5H,3-4H2,1-2H3;3H,1-2H2;/q;-1;+1. The summed E-state index contributed by atoms with van der Waals surface area (Å²) in [4.78, 5) is 0. The third kappa shape index (κ3) is 4.54. The summed E-state index contributed by atoms with van der Waals surface area (Å²) in [5, 5.41) is 0. The molecule has 4 nitrogen and oxygen atoms in total. The van der Waals surface area contributed by atoms with Crippen LogP contribution in [0.2, 0.25) is 0 Å². The molecule has 0 aromatic heterocycles. The van der Waals surface area contributed by atoms with Crippen LogP contribution in [0, 0.1) is 0 Å². The molecule has 1 rings (SSSR count). The Labute approximate surface area is 88.3 Å². The molecule has 0 radical (unpaired) electrons. The van der Waals surface area contributed by atoms with E-state index in [1.165, 1.54) is 0 Å². The van der Waals surface area contributed by atoms with E-state index in [0.29, 0.717) is 13.2 Å². The van der Waals surface area contributed by atoms with Gasteiger partial charge in [0, 0.05) is 0 Å². The van der Waals surface area contributed by atoms with Gasteiger partial charge in [0.05, 0.1) is 0 Å². The van der Waals surface area contributed by atoms with Gasteiger partial charge in [-0.15, -0.1) is 0 Å². The van der Waals surface area contributed by atoms with Crippen molar-refractivity contribution in [1.82, 2.24) is 0 Å². The maximum atomic E-state index is 5.50. The molecule has 5 heteroatoms. The van der Waals surface area contributed by atoms with Crippen molar-refractivity contribution < 1.29 is 37.1 Å². The molecule has 1 unspecified atom stereocenters. The van der Waals surface area contributed by atoms with Gasteiger partial charge in [-0.3, -0.25) is 0 Å². The molecule has 0 aliphatic carbocycles. The summed E-state index contributed by atoms with van der Waals surface area (Å²) >= 11 is -0.651. The molecule has 1 heterocycles. The van der Waals surface area contributed by atoms with E-state index in [1.807, 2.05) is 13.8 Å². The van der Waals surface area contributed by atoms with Crippen LogP contribution >= 0.6 is 0 Å². The van der Waals surface area contributed by atoms with E-state index in [2.05, 4.69) is 0 Å². The van der Waals surface area contributed by atoms with Crippen molar-refractivity contribution >= 4 is 0 Å². The Balaban J connectivity index is 2.05. The minimum absolute atomic E-state index is 0.0170. The second kappa shape index (κ2) is 6.93. The average molecular weight is 224 g/mol. The molecule has 0 aromatic rings. The fourth-order valence-electron chi connectivity index (χ4n) is 0.857. The Hall–Kier alpha value is 0.554. The Morgan fingerprint density at radius 1 is 1.38 bits per heavy atom. The van der Waals surface area contributed by atoms with Crippen molar-refractivity contribution in [2.75, 3.05) is 19.8 Å². The molecule has 0 amide bonds. The quantitative estimate of drug-likeness (QED) is 0.479. The molecule has 0 spiro atoms. The first-order valence-electron chi connectivity index (χ1n) is 4.62. The van der Waals surface area contributed by atoms with Gasteiger partial charge in [0.25, 0.3) is 0 Å². The predicted molar refractivity (Wildman–Crippen MR) is 42.5 cm³/mol. The second-order valence-corrected chi connectivity index (χ2v) is 4.04. The number of ether oxygens (including phenoxy) is 3. The molecule has 0 N–H and O–H groups in total. The average Bonchev–Trinajstić information content (AvgIpc) is 2.02. The molecule has 0 bridgehead atoms. The van der Waals surface area contributed by atoms with Gasteiger partial charge in [0.2, 0.25) is 0 Å². The fourth-order valence-corrected chi connectivity index (χ4v) is 2.29. The summed E-state index contributed by atoms with van der Waals surface area (Å²) in [5.74, 6) is 0. The first-order valence-corrected chi connectivity index (χ1v) is 6.16. The van der Waals surface area contributed by atoms with Crippen LogP contribution in [-0.2, 0) is 37.1 Å². The zero-order valence-electron chi connectivity index (χ0n) is 8.12. The summed E-state index contributed by atoms with van der Waals surface area (Å²) in [6.07, 6.45) is 1.03. The van der Waals surface area contributed by atoms with Crippen LogP contribution in [0.25, 0.3) is 0 Å². The van der Waals surface area contributed by atoms with E-state index in [9.17, 15) is 0 Å². The topological polar surface area (TPSA) is 36.9 Å². The third-order valence-corrected chi connectivity index (χ3v) is 3.03. The minimum atomic E-state index is -0.651. The normalized spacial score (nSPS) is 21.6. The monoisotopic (exact) mass is 224 g/mol. The summed E-state index contributed by atoms with van der Waals surface area (Å²) in [5.41, 5.74) is 0. The van der Waals surface area contributed by atoms with Crippen molar-refractivity contribution in [3.63, 3.8) is 0 Å². The first-order chi connectivity index (χ1) is 6.36. The van der Waals surface area contributed by atoms with Crippen LogP contribution in [-0.4, -0.2) is 30.7 Å². The predicted octanol–water partition coefficient (Wildman–Crippen LogP) is 1.10. The zero-order chi connectivity index (χ0) is 9.52. The van der Waals surface area contributed by atoms with E-state index in [0.717, 1.165) is 13.0 Å². The van der Waals surface area contributed by atoms with Crippen molar-refractivity contribution in [3.05, 3.63) is 0 Å². The molecule has 1 atom stereocenters. The fraction of sp³-hybridized carbons (Fsp3) is 1.00. The van der Waals surface area contributed by atoms with Gasteiger partial charge >= 0.3 is 88.0 Å². The molecular formula is C8H16O4Ti. The molecule has 1 aliphatic heterocycles. The van der Waals surface area contributed by atoms with Crippen LogP contribution in [0.3, 0.4) is 0 Å².